The van der Waals surface area contributed by atoms with Gasteiger partial charge in [-0.1, -0.05) is 12.1 Å². The van der Waals surface area contributed by atoms with Crippen LogP contribution in [-0.2, 0) is 16.1 Å². The normalized spacial score (nSPS) is 10.7. The first kappa shape index (κ1) is 19.2. The van der Waals surface area contributed by atoms with Crippen molar-refractivity contribution in [2.24, 2.45) is 0 Å². The average Bonchev–Trinajstić information content (AvgIpc) is 2.62. The van der Waals surface area contributed by atoms with Crippen molar-refractivity contribution in [1.82, 2.24) is 0 Å². The van der Waals surface area contributed by atoms with Gasteiger partial charge in [0.2, 0.25) is 0 Å². The molecule has 0 aliphatic heterocycles. The third kappa shape index (κ3) is 5.42. The predicted molar refractivity (Wildman–Crippen MR) is 92.3 cm³/mol. The van der Waals surface area contributed by atoms with Gasteiger partial charge in [-0.05, 0) is 42.3 Å². The Morgan fingerprint density at radius 2 is 1.68 bits per heavy atom. The van der Waals surface area contributed by atoms with Crippen LogP contribution in [-0.4, -0.2) is 38.8 Å². The molecule has 2 aromatic rings. The predicted octanol–water partition coefficient (Wildman–Crippen LogP) is 3.38. The van der Waals surface area contributed by atoms with Crippen LogP contribution in [0.25, 0.3) is 11.1 Å². The van der Waals surface area contributed by atoms with E-state index in [4.69, 9.17) is 18.9 Å². The first-order valence-electron chi connectivity index (χ1n) is 8.05. The van der Waals surface area contributed by atoms with Gasteiger partial charge in [-0.25, -0.2) is 4.39 Å². The number of halogens is 1. The molecule has 0 atom stereocenters. The van der Waals surface area contributed by atoms with Crippen LogP contribution < -0.4 is 9.47 Å². The summed E-state index contributed by atoms with van der Waals surface area (Å²) in [5.41, 5.74) is 2.09. The van der Waals surface area contributed by atoms with Crippen LogP contribution in [0.1, 0.15) is 12.5 Å². The number of ether oxygens (including phenoxy) is 4. The fourth-order valence-corrected chi connectivity index (χ4v) is 2.33. The van der Waals surface area contributed by atoms with Gasteiger partial charge in [0.15, 0.2) is 6.79 Å². The van der Waals surface area contributed by atoms with Crippen molar-refractivity contribution in [2.75, 3.05) is 33.7 Å². The van der Waals surface area contributed by atoms with Crippen LogP contribution >= 0.6 is 0 Å². The lowest BCUT2D eigenvalue weighted by atomic mass is 10.0. The molecule has 0 heterocycles. The minimum absolute atomic E-state index is 0.0258. The van der Waals surface area contributed by atoms with Crippen molar-refractivity contribution in [3.63, 3.8) is 0 Å². The molecule has 136 valence electrons. The highest BCUT2D eigenvalue weighted by atomic mass is 19.1. The van der Waals surface area contributed by atoms with Crippen LogP contribution in [0.15, 0.2) is 36.4 Å². The molecule has 2 aromatic carbocycles. The van der Waals surface area contributed by atoms with Gasteiger partial charge < -0.3 is 24.1 Å². The largest absolute Gasteiger partial charge is 0.493 e. The number of hydrogen-bond donors (Lipinski definition) is 1. The molecule has 0 amide bonds. The van der Waals surface area contributed by atoms with Gasteiger partial charge in [0.05, 0.1) is 32.0 Å². The van der Waals surface area contributed by atoms with E-state index in [1.54, 1.807) is 31.4 Å². The number of hydrogen-bond acceptors (Lipinski definition) is 5. The summed E-state index contributed by atoms with van der Waals surface area (Å²) >= 11 is 0. The van der Waals surface area contributed by atoms with E-state index in [-0.39, 0.29) is 19.2 Å². The fraction of sp³-hybridized carbons (Fsp3) is 0.368. The second-order valence-electron chi connectivity index (χ2n) is 5.23. The molecule has 6 heteroatoms. The van der Waals surface area contributed by atoms with E-state index in [1.807, 2.05) is 6.92 Å². The van der Waals surface area contributed by atoms with E-state index in [0.717, 1.165) is 5.56 Å². The van der Waals surface area contributed by atoms with E-state index < -0.39 is 0 Å². The minimum atomic E-state index is -0.320. The van der Waals surface area contributed by atoms with Crippen molar-refractivity contribution in [3.05, 3.63) is 47.8 Å². The van der Waals surface area contributed by atoms with Gasteiger partial charge >= 0.3 is 0 Å². The number of rotatable bonds is 10. The maximum absolute atomic E-state index is 13.3. The summed E-state index contributed by atoms with van der Waals surface area (Å²) in [7, 11) is 1.59. The molecule has 0 aromatic heterocycles. The van der Waals surface area contributed by atoms with Gasteiger partial charge in [0, 0.05) is 7.11 Å². The first-order valence-corrected chi connectivity index (χ1v) is 8.05. The molecule has 0 aliphatic carbocycles. The van der Waals surface area contributed by atoms with Gasteiger partial charge in [0.1, 0.15) is 17.3 Å². The second-order valence-corrected chi connectivity index (χ2v) is 5.23. The summed E-state index contributed by atoms with van der Waals surface area (Å²) in [6.07, 6.45) is 0. The number of aliphatic hydroxyl groups is 1. The third-order valence-electron chi connectivity index (χ3n) is 3.47. The lowest BCUT2D eigenvalue weighted by Crippen LogP contribution is -2.09. The Hall–Kier alpha value is -2.15. The molecule has 1 N–H and O–H groups in total. The van der Waals surface area contributed by atoms with E-state index >= 15 is 0 Å². The highest BCUT2D eigenvalue weighted by Crippen LogP contribution is 2.40. The Balaban J connectivity index is 2.35. The molecule has 5 nitrogen and oxygen atoms in total. The smallest absolute Gasteiger partial charge is 0.189 e. The zero-order valence-corrected chi connectivity index (χ0v) is 14.5. The highest BCUT2D eigenvalue weighted by molar-refractivity contribution is 5.77. The quantitative estimate of drug-likeness (QED) is 0.526. The zero-order chi connectivity index (χ0) is 18.1. The first-order chi connectivity index (χ1) is 12.2. The van der Waals surface area contributed by atoms with Crippen molar-refractivity contribution in [1.29, 1.82) is 0 Å². The third-order valence-corrected chi connectivity index (χ3v) is 3.47. The van der Waals surface area contributed by atoms with Crippen LogP contribution in [0.5, 0.6) is 11.5 Å². The maximum atomic E-state index is 13.3. The summed E-state index contributed by atoms with van der Waals surface area (Å²) < 4.78 is 35.0. The molecule has 0 saturated heterocycles. The average molecular weight is 350 g/mol. The van der Waals surface area contributed by atoms with Crippen LogP contribution in [0.3, 0.4) is 0 Å². The van der Waals surface area contributed by atoms with Crippen molar-refractivity contribution in [2.45, 2.75) is 13.5 Å². The van der Waals surface area contributed by atoms with E-state index in [0.29, 0.717) is 42.4 Å². The fourth-order valence-electron chi connectivity index (χ4n) is 2.33. The summed E-state index contributed by atoms with van der Waals surface area (Å²) in [5.74, 6) is 0.741. The lowest BCUT2D eigenvalue weighted by Gasteiger charge is -2.18. The van der Waals surface area contributed by atoms with Crippen LogP contribution in [0, 0.1) is 5.82 Å². The summed E-state index contributed by atoms with van der Waals surface area (Å²) in [5, 5.41) is 9.49. The molecule has 0 saturated carbocycles. The molecule has 0 aliphatic rings. The Kier molecular flexibility index (Phi) is 7.66. The van der Waals surface area contributed by atoms with E-state index in [9.17, 15) is 9.50 Å². The number of benzene rings is 2. The lowest BCUT2D eigenvalue weighted by molar-refractivity contribution is -0.00835. The van der Waals surface area contributed by atoms with Crippen molar-refractivity contribution in [3.8, 4) is 22.6 Å². The minimum Gasteiger partial charge on any atom is -0.493 e. The second kappa shape index (κ2) is 9.98. The summed E-state index contributed by atoms with van der Waals surface area (Å²) in [4.78, 5) is 0. The monoisotopic (exact) mass is 350 g/mol. The maximum Gasteiger partial charge on any atom is 0.189 e. The molecule has 0 fully saturated rings. The molecule has 25 heavy (non-hydrogen) atoms. The highest BCUT2D eigenvalue weighted by Gasteiger charge is 2.16. The molecular formula is C19H23FO5. The summed E-state index contributed by atoms with van der Waals surface area (Å²) in [6, 6.07) is 9.55. The molecule has 0 spiro atoms. The van der Waals surface area contributed by atoms with Gasteiger partial charge in [0.25, 0.3) is 0 Å². The standard InChI is InChI=1S/C19H23FO5/c1-3-24-17-10-14(12-21)11-18(25-13-23-9-8-22-2)19(17)15-4-6-16(20)7-5-15/h4-7,10-11,21H,3,8-9,12-13H2,1-2H3. The summed E-state index contributed by atoms with van der Waals surface area (Å²) in [6.45, 7) is 3.07. The molecule has 2 rings (SSSR count). The molecule has 0 bridgehead atoms. The van der Waals surface area contributed by atoms with E-state index in [1.165, 1.54) is 12.1 Å². The molecule has 0 unspecified atom stereocenters. The SMILES string of the molecule is CCOc1cc(CO)cc(OCOCCOC)c1-c1ccc(F)cc1. The topological polar surface area (TPSA) is 57.2 Å². The zero-order valence-electron chi connectivity index (χ0n) is 14.5. The number of aliphatic hydroxyl groups excluding tert-OH is 1. The van der Waals surface area contributed by atoms with Crippen molar-refractivity contribution >= 4 is 0 Å². The van der Waals surface area contributed by atoms with Crippen LogP contribution in [0.2, 0.25) is 0 Å². The molecular weight excluding hydrogens is 327 g/mol. The van der Waals surface area contributed by atoms with Crippen LogP contribution in [0.4, 0.5) is 4.39 Å². The van der Waals surface area contributed by atoms with Crippen molar-refractivity contribution < 1.29 is 28.4 Å². The Bertz CT molecular complexity index is 658. The Morgan fingerprint density at radius 3 is 2.28 bits per heavy atom. The van der Waals surface area contributed by atoms with Gasteiger partial charge in [-0.2, -0.15) is 0 Å². The van der Waals surface area contributed by atoms with Gasteiger partial charge in [-0.3, -0.25) is 0 Å². The van der Waals surface area contributed by atoms with Gasteiger partial charge in [-0.15, -0.1) is 0 Å². The number of methoxy groups -OCH3 is 1. The Morgan fingerprint density at radius 1 is 1.00 bits per heavy atom. The Labute approximate surface area is 146 Å². The molecule has 0 radical (unpaired) electrons. The van der Waals surface area contributed by atoms with E-state index in [2.05, 4.69) is 0 Å².